The van der Waals surface area contributed by atoms with E-state index >= 15 is 0 Å². The first kappa shape index (κ1) is 68.8. The summed E-state index contributed by atoms with van der Waals surface area (Å²) in [6.07, 6.45) is 21.8. The fourth-order valence-corrected chi connectivity index (χ4v) is 16.1. The maximum absolute atomic E-state index is 14.2. The van der Waals surface area contributed by atoms with Crippen molar-refractivity contribution in [1.29, 1.82) is 0 Å². The van der Waals surface area contributed by atoms with Gasteiger partial charge in [0.25, 0.3) is 0 Å². The van der Waals surface area contributed by atoms with Crippen molar-refractivity contribution in [1.82, 2.24) is 30.4 Å². The fourth-order valence-electron chi connectivity index (χ4n) is 16.1. The van der Waals surface area contributed by atoms with Crippen molar-refractivity contribution in [3.63, 3.8) is 0 Å². The average molecular weight is 1350 g/mol. The zero-order chi connectivity index (χ0) is 63.6. The number of alkyl carbamates (subject to hydrolysis) is 2. The Bertz CT molecular complexity index is 3400. The Morgan fingerprint density at radius 1 is 0.538 bits per heavy atom. The van der Waals surface area contributed by atoms with Crippen molar-refractivity contribution in [3.05, 3.63) is 59.7 Å². The van der Waals surface area contributed by atoms with Gasteiger partial charge in [0, 0.05) is 71.1 Å². The molecule has 6 heterocycles. The number of aryl methyl sites for hydroxylation is 2. The molecule has 2 saturated heterocycles. The molecular formula is C73H94N6O12V2-2. The van der Waals surface area contributed by atoms with Gasteiger partial charge >= 0.3 is 12.2 Å². The van der Waals surface area contributed by atoms with Gasteiger partial charge in [0.05, 0.1) is 36.3 Å². The second-order valence-corrected chi connectivity index (χ2v) is 30.7. The normalized spacial score (nSPS) is 32.9. The van der Waals surface area contributed by atoms with Crippen molar-refractivity contribution in [2.24, 2.45) is 58.2 Å². The van der Waals surface area contributed by atoms with Crippen LogP contribution in [0.5, 0.6) is 23.3 Å². The van der Waals surface area contributed by atoms with Crippen LogP contribution in [-0.4, -0.2) is 130 Å². The number of carbonyl (C=O) groups is 4. The predicted octanol–water partition coefficient (Wildman–Crippen LogP) is 11.9. The summed E-state index contributed by atoms with van der Waals surface area (Å²) in [5, 5.41) is 7.91. The first-order chi connectivity index (χ1) is 43.7. The molecule has 6 saturated carbocycles. The third-order valence-electron chi connectivity index (χ3n) is 21.8. The van der Waals surface area contributed by atoms with E-state index in [1.165, 1.54) is 17.7 Å². The molecule has 4 aliphatic heterocycles. The molecule has 4 bridgehead atoms. The average Bonchev–Trinajstić information content (AvgIpc) is 1.67. The molecule has 500 valence electrons. The Morgan fingerprint density at radius 2 is 0.978 bits per heavy atom. The van der Waals surface area contributed by atoms with Gasteiger partial charge in [-0.25, -0.2) is 32.1 Å². The van der Waals surface area contributed by atoms with Crippen LogP contribution in [0.4, 0.5) is 9.59 Å². The number of fused-ring (bicyclic) bond motifs is 14. The monoisotopic (exact) mass is 1350 g/mol. The van der Waals surface area contributed by atoms with Gasteiger partial charge in [-0.05, 0) is 184 Å². The van der Waals surface area contributed by atoms with Crippen molar-refractivity contribution >= 4 is 58.4 Å². The van der Waals surface area contributed by atoms with E-state index in [1.807, 2.05) is 79.7 Å². The van der Waals surface area contributed by atoms with Crippen molar-refractivity contribution in [3.8, 4) is 23.3 Å². The van der Waals surface area contributed by atoms with Crippen LogP contribution in [-0.2, 0) is 78.6 Å². The van der Waals surface area contributed by atoms with Gasteiger partial charge in [-0.3, -0.25) is 9.59 Å². The van der Waals surface area contributed by atoms with E-state index < -0.39 is 59.4 Å². The summed E-state index contributed by atoms with van der Waals surface area (Å²) in [6, 6.07) is 13.1. The molecule has 4 aromatic rings. The molecule has 20 heteroatoms. The van der Waals surface area contributed by atoms with E-state index in [2.05, 4.69) is 47.5 Å². The third kappa shape index (κ3) is 15.3. The van der Waals surface area contributed by atoms with Crippen LogP contribution >= 0.6 is 0 Å². The van der Waals surface area contributed by atoms with E-state index in [0.717, 1.165) is 147 Å². The Kier molecular flexibility index (Phi) is 20.9. The number of ether oxygens (including phenoxy) is 6. The number of pyridine rings is 2. The van der Waals surface area contributed by atoms with Crippen LogP contribution in [0.3, 0.4) is 0 Å². The Balaban J connectivity index is 0.000000186. The van der Waals surface area contributed by atoms with Crippen molar-refractivity contribution in [2.75, 3.05) is 13.1 Å². The van der Waals surface area contributed by atoms with Crippen LogP contribution in [0, 0.1) is 58.2 Å². The molecule has 2 N–H and O–H groups in total. The topological polar surface area (TPSA) is 214 Å². The zero-order valence-corrected chi connectivity index (χ0v) is 58.2. The maximum Gasteiger partial charge on any atom is 0.408 e. The van der Waals surface area contributed by atoms with Gasteiger partial charge < -0.3 is 58.4 Å². The van der Waals surface area contributed by atoms with Gasteiger partial charge in [0.2, 0.25) is 23.6 Å². The standard InChI is InChI=1S/C37H48N3O6.C36H46N3O6.2V/c1-5-26-30(20-41)40-19-32(26)45-34-22(15-21-11-12-25(18-29(21)38-34)44-24-13-14-24)9-7-6-8-10-27-28-16-23(28)17-31(27)46-36(43)39-33(35(40)42)37(2,3)4;1-20-29(19-40)39-18-31(20)44-33-22(14-21-10-11-25(17-28(21)37-33)43-24-12-13-24)8-6-5-7-9-26-27-15-23(27)16-30(26)45-35(42)38-32(34(39)41)36(2,3)4;;/h11-12,15,18,23-24,26-28,30-33H,5-10,13-14,16-17,19H2,1-4H3,(H,39,43);10-11,14,17,20,23-24,26-27,29-32H,5-9,12-13,15-16,18H2,1-4H3,(H,38,42);;/q2*-1;;/t23?,26-,27+,28?,30+,31+,32-,33+;20-,23?,26+,27?,29+,30+,31-,32+;;/m00../s1. The molecule has 14 rings (SSSR count). The molecule has 16 atom stereocenters. The molecule has 2 aromatic heterocycles. The zero-order valence-electron chi connectivity index (χ0n) is 55.4. The van der Waals surface area contributed by atoms with Gasteiger partial charge in [-0.2, -0.15) is 0 Å². The molecule has 18 nitrogen and oxygen atoms in total. The number of hydrogen-bond acceptors (Lipinski definition) is 14. The molecule has 6 aliphatic carbocycles. The minimum atomic E-state index is -0.876. The first-order valence-electron chi connectivity index (χ1n) is 34.6. The number of carbonyl (C=O) groups excluding carboxylic acids is 6. The summed E-state index contributed by atoms with van der Waals surface area (Å²) in [5.41, 5.74) is 2.45. The minimum absolute atomic E-state index is 0. The summed E-state index contributed by atoms with van der Waals surface area (Å²) in [7, 11) is 0. The van der Waals surface area contributed by atoms with Gasteiger partial charge in [0.15, 0.2) is 0 Å². The minimum Gasteiger partial charge on any atom is -0.540 e. The second-order valence-electron chi connectivity index (χ2n) is 30.7. The van der Waals surface area contributed by atoms with Gasteiger partial charge in [-0.15, -0.1) is 0 Å². The van der Waals surface area contributed by atoms with Crippen LogP contribution in [0.2, 0.25) is 0 Å². The molecule has 2 aromatic carbocycles. The molecule has 2 radical (unpaired) electrons. The number of rotatable bonds is 7. The van der Waals surface area contributed by atoms with Crippen molar-refractivity contribution < 1.29 is 94.3 Å². The number of hydrogen-bond donors (Lipinski definition) is 2. The van der Waals surface area contributed by atoms with Crippen molar-refractivity contribution in [2.45, 2.75) is 238 Å². The summed E-state index contributed by atoms with van der Waals surface area (Å²) >= 11 is 0. The molecule has 8 fully saturated rings. The smallest absolute Gasteiger partial charge is 0.408 e. The van der Waals surface area contributed by atoms with Crippen LogP contribution < -0.4 is 29.6 Å². The predicted molar refractivity (Wildman–Crippen MR) is 342 cm³/mol. The third-order valence-corrected chi connectivity index (χ3v) is 21.8. The van der Waals surface area contributed by atoms with E-state index in [1.54, 1.807) is 4.90 Å². The summed E-state index contributed by atoms with van der Waals surface area (Å²) in [5.74, 6) is 4.80. The Morgan fingerprint density at radius 3 is 1.41 bits per heavy atom. The molecule has 4 unspecified atom stereocenters. The van der Waals surface area contributed by atoms with Gasteiger partial charge in [0.1, 0.15) is 48.0 Å². The molecule has 93 heavy (non-hydrogen) atoms. The largest absolute Gasteiger partial charge is 0.540 e. The first-order valence-corrected chi connectivity index (χ1v) is 34.6. The molecule has 0 spiro atoms. The molecule has 10 aliphatic rings. The van der Waals surface area contributed by atoms with Crippen LogP contribution in [0.25, 0.3) is 21.8 Å². The summed E-state index contributed by atoms with van der Waals surface area (Å²) in [6.45, 7) is 15.8. The number of nitrogens with zero attached hydrogens (tertiary/aromatic N) is 4. The second kappa shape index (κ2) is 28.3. The Hall–Kier alpha value is -5.55. The van der Waals surface area contributed by atoms with E-state index in [9.17, 15) is 28.8 Å². The van der Waals surface area contributed by atoms with Crippen LogP contribution in [0.15, 0.2) is 48.5 Å². The number of nitrogens with one attached hydrogen (secondary N) is 2. The summed E-state index contributed by atoms with van der Waals surface area (Å²) < 4.78 is 37.6. The fraction of sp³-hybridized carbons (Fsp3) is 0.671. The maximum atomic E-state index is 14.2. The number of benzene rings is 2. The van der Waals surface area contributed by atoms with E-state index in [0.29, 0.717) is 53.7 Å². The molecular weight excluding hydrogens is 1250 g/mol. The van der Waals surface area contributed by atoms with Gasteiger partial charge in [-0.1, -0.05) is 99.6 Å². The van der Waals surface area contributed by atoms with E-state index in [-0.39, 0.29) is 98.3 Å². The quantitative estimate of drug-likeness (QED) is 0.165. The summed E-state index contributed by atoms with van der Waals surface area (Å²) in [4.78, 5) is 92.9. The van der Waals surface area contributed by atoms with Crippen LogP contribution in [0.1, 0.15) is 176 Å². The Labute approximate surface area is 572 Å². The number of amides is 4. The van der Waals surface area contributed by atoms with E-state index in [4.69, 9.17) is 38.4 Å². The number of aromatic nitrogens is 2. The molecule has 4 amide bonds. The SMILES string of the molecule is CC[C@@H]1[C@@H]2CN(C(=O)[C@H](C(C)(C)C)NC(=O)O[C@@H]3CC4CC4[C@H]3CCCCCc3cc4ccc(OC5CC5)cc4nc3O2)[C@@H]1[C-]=O.C[C@@H]1[C@@H]2CN(C(=O)[C@H](C(C)(C)C)NC(=O)O[C@@H]3CC4CC4[C@H]3CCCCCc3cc4ccc(OC5CC5)cc4nc3O2)[C@@H]1[C-]=O.[V].[V].